The number of benzene rings is 2. The van der Waals surface area contributed by atoms with Crippen molar-refractivity contribution in [3.63, 3.8) is 0 Å². The summed E-state index contributed by atoms with van der Waals surface area (Å²) in [5, 5.41) is 13.6. The number of aryl methyl sites for hydroxylation is 1. The number of aromatic nitrogens is 3. The second kappa shape index (κ2) is 11.7. The molecule has 2 aromatic carbocycles. The number of aliphatic hydroxyl groups excluding tert-OH is 1. The number of hydrogen-bond acceptors (Lipinski definition) is 6. The lowest BCUT2D eigenvalue weighted by Crippen LogP contribution is -2.49. The van der Waals surface area contributed by atoms with Crippen LogP contribution in [0.1, 0.15) is 50.5 Å². The molecule has 1 aliphatic rings. The normalized spacial score (nSPS) is 18.6. The lowest BCUT2D eigenvalue weighted by Gasteiger charge is -2.31. The lowest BCUT2D eigenvalue weighted by molar-refractivity contribution is -0.142. The summed E-state index contributed by atoms with van der Waals surface area (Å²) in [4.78, 5) is 38.9. The minimum atomic E-state index is -0.757. The summed E-state index contributed by atoms with van der Waals surface area (Å²) in [6.07, 6.45) is 3.00. The van der Waals surface area contributed by atoms with Gasteiger partial charge in [-0.25, -0.2) is 9.97 Å². The third kappa shape index (κ3) is 5.71. The summed E-state index contributed by atoms with van der Waals surface area (Å²) in [5.41, 5.74) is 6.63. The first-order valence-electron chi connectivity index (χ1n) is 13.6. The number of nitrogens with one attached hydrogen (secondary N) is 1. The van der Waals surface area contributed by atoms with E-state index in [1.165, 1.54) is 4.90 Å². The molecule has 4 atom stereocenters. The van der Waals surface area contributed by atoms with E-state index < -0.39 is 18.2 Å². The van der Waals surface area contributed by atoms with Crippen LogP contribution >= 0.6 is 11.3 Å². The fourth-order valence-electron chi connectivity index (χ4n) is 5.37. The third-order valence-electron chi connectivity index (χ3n) is 7.52. The van der Waals surface area contributed by atoms with Crippen molar-refractivity contribution in [2.45, 2.75) is 58.3 Å². The number of likely N-dealkylation sites (tertiary alicyclic amines) is 1. The Labute approximate surface area is 238 Å². The number of carbonyl (C=O) groups is 2. The fourth-order valence-corrected chi connectivity index (χ4v) is 6.19. The Hall–Kier alpha value is -3.82. The predicted molar refractivity (Wildman–Crippen MR) is 157 cm³/mol. The number of hydrogen-bond donors (Lipinski definition) is 2. The van der Waals surface area contributed by atoms with Gasteiger partial charge in [0, 0.05) is 24.7 Å². The number of imidazole rings is 1. The molecule has 1 saturated heterocycles. The molecule has 5 rings (SSSR count). The lowest BCUT2D eigenvalue weighted by atomic mass is 10.0. The van der Waals surface area contributed by atoms with E-state index in [1.54, 1.807) is 17.7 Å². The van der Waals surface area contributed by atoms with E-state index in [9.17, 15) is 14.7 Å². The first-order chi connectivity index (χ1) is 19.2. The highest BCUT2D eigenvalue weighted by molar-refractivity contribution is 7.13. The number of carbonyl (C=O) groups excluding carboxylic acids is 2. The zero-order chi connectivity index (χ0) is 28.4. The largest absolute Gasteiger partial charge is 0.391 e. The van der Waals surface area contributed by atoms with Gasteiger partial charge in [-0.3, -0.25) is 9.59 Å². The van der Waals surface area contributed by atoms with Gasteiger partial charge in [-0.1, -0.05) is 68.4 Å². The Bertz CT molecular complexity index is 1460. The van der Waals surface area contributed by atoms with Crippen molar-refractivity contribution < 1.29 is 14.7 Å². The average molecular weight is 558 g/mol. The molecule has 2 aromatic heterocycles. The molecule has 2 N–H and O–H groups in total. The standard InChI is InChI=1S/C31H35N5O3S/c1-19(2)28(35-16-26(32-17-35)23-8-6-5-7-9-23)31(39)36-15-25(37)14-27(36)30(38)34-20(3)22-10-12-24(13-11-22)29-21(4)33-18-40-29/h5-13,16-20,25,27-28,37H,14-15H2,1-4H3,(H,34,38)/t20-,25+,27-,28-/m0/s1. The van der Waals surface area contributed by atoms with Crippen molar-refractivity contribution in [1.29, 1.82) is 0 Å². The van der Waals surface area contributed by atoms with Crippen molar-refractivity contribution >= 4 is 23.2 Å². The highest BCUT2D eigenvalue weighted by Gasteiger charge is 2.42. The van der Waals surface area contributed by atoms with E-state index in [0.29, 0.717) is 0 Å². The Morgan fingerprint density at radius 1 is 1.02 bits per heavy atom. The summed E-state index contributed by atoms with van der Waals surface area (Å²) in [6, 6.07) is 16.3. The van der Waals surface area contributed by atoms with Gasteiger partial charge in [-0.15, -0.1) is 11.3 Å². The fraction of sp³-hybridized carbons (Fsp3) is 0.355. The number of β-amino-alcohol motifs (C(OH)–C–C–N with tert-alkyl or cyclic N) is 1. The zero-order valence-corrected chi connectivity index (χ0v) is 24.0. The summed E-state index contributed by atoms with van der Waals surface area (Å²) in [6.45, 7) is 8.00. The minimum Gasteiger partial charge on any atom is -0.391 e. The highest BCUT2D eigenvalue weighted by atomic mass is 32.1. The number of thiazole rings is 1. The van der Waals surface area contributed by atoms with Crippen molar-refractivity contribution in [3.05, 3.63) is 83.9 Å². The van der Waals surface area contributed by atoms with E-state index in [2.05, 4.69) is 15.3 Å². The molecule has 1 fully saturated rings. The molecule has 208 valence electrons. The van der Waals surface area contributed by atoms with E-state index >= 15 is 0 Å². The molecule has 0 spiro atoms. The van der Waals surface area contributed by atoms with Crippen molar-refractivity contribution in [1.82, 2.24) is 24.8 Å². The molecule has 8 nitrogen and oxygen atoms in total. The van der Waals surface area contributed by atoms with Crippen LogP contribution in [0.4, 0.5) is 0 Å². The maximum atomic E-state index is 13.9. The van der Waals surface area contributed by atoms with Crippen LogP contribution in [-0.2, 0) is 9.59 Å². The zero-order valence-electron chi connectivity index (χ0n) is 23.2. The average Bonchev–Trinajstić information content (AvgIpc) is 3.69. The van der Waals surface area contributed by atoms with Crippen LogP contribution in [0.2, 0.25) is 0 Å². The van der Waals surface area contributed by atoms with Crippen LogP contribution in [0.25, 0.3) is 21.7 Å². The van der Waals surface area contributed by atoms with E-state index in [-0.39, 0.29) is 36.7 Å². The molecular formula is C31H35N5O3S. The Morgan fingerprint density at radius 2 is 1.75 bits per heavy atom. The van der Waals surface area contributed by atoms with Gasteiger partial charge in [0.15, 0.2) is 0 Å². The van der Waals surface area contributed by atoms with Gasteiger partial charge in [0.05, 0.1) is 40.2 Å². The molecule has 9 heteroatoms. The smallest absolute Gasteiger partial charge is 0.246 e. The molecule has 0 saturated carbocycles. The molecule has 4 aromatic rings. The number of aliphatic hydroxyl groups is 1. The molecular weight excluding hydrogens is 522 g/mol. The molecule has 0 radical (unpaired) electrons. The van der Waals surface area contributed by atoms with Gasteiger partial charge in [-0.05, 0) is 30.9 Å². The van der Waals surface area contributed by atoms with Gasteiger partial charge in [0.1, 0.15) is 12.1 Å². The maximum absolute atomic E-state index is 13.9. The summed E-state index contributed by atoms with van der Waals surface area (Å²) < 4.78 is 1.82. The second-order valence-electron chi connectivity index (χ2n) is 10.8. The Balaban J connectivity index is 1.30. The first-order valence-corrected chi connectivity index (χ1v) is 14.5. The van der Waals surface area contributed by atoms with Gasteiger partial charge >= 0.3 is 0 Å². The van der Waals surface area contributed by atoms with Crippen LogP contribution in [0.15, 0.2) is 72.6 Å². The SMILES string of the molecule is Cc1ncsc1-c1ccc([C@H](C)NC(=O)[C@@H]2C[C@@H](O)CN2C(=O)[C@H](C(C)C)n2cnc(-c3ccccc3)c2)cc1. The van der Waals surface area contributed by atoms with Gasteiger partial charge < -0.3 is 19.9 Å². The van der Waals surface area contributed by atoms with Crippen LogP contribution in [-0.4, -0.2) is 55.0 Å². The van der Waals surface area contributed by atoms with Gasteiger partial charge in [0.25, 0.3) is 0 Å². The molecule has 40 heavy (non-hydrogen) atoms. The molecule has 0 unspecified atom stereocenters. The number of nitrogens with zero attached hydrogens (tertiary/aromatic N) is 4. The van der Waals surface area contributed by atoms with Crippen LogP contribution in [0.3, 0.4) is 0 Å². The highest BCUT2D eigenvalue weighted by Crippen LogP contribution is 2.30. The summed E-state index contributed by atoms with van der Waals surface area (Å²) in [5.74, 6) is -0.509. The summed E-state index contributed by atoms with van der Waals surface area (Å²) in [7, 11) is 0. The molecule has 0 bridgehead atoms. The second-order valence-corrected chi connectivity index (χ2v) is 11.6. The molecule has 1 aliphatic heterocycles. The van der Waals surface area contributed by atoms with Crippen molar-refractivity contribution in [2.75, 3.05) is 6.54 Å². The number of rotatable bonds is 8. The van der Waals surface area contributed by atoms with Gasteiger partial charge in [0.2, 0.25) is 11.8 Å². The van der Waals surface area contributed by atoms with Crippen LogP contribution in [0.5, 0.6) is 0 Å². The molecule has 3 heterocycles. The van der Waals surface area contributed by atoms with Gasteiger partial charge in [-0.2, -0.15) is 0 Å². The van der Waals surface area contributed by atoms with Crippen molar-refractivity contribution in [3.8, 4) is 21.7 Å². The van der Waals surface area contributed by atoms with Crippen molar-refractivity contribution in [2.24, 2.45) is 5.92 Å². The Kier molecular flexibility index (Phi) is 8.14. The maximum Gasteiger partial charge on any atom is 0.246 e. The predicted octanol–water partition coefficient (Wildman–Crippen LogP) is 5.02. The third-order valence-corrected chi connectivity index (χ3v) is 8.50. The molecule has 2 amide bonds. The first kappa shape index (κ1) is 27.7. The van der Waals surface area contributed by atoms with Crippen LogP contribution in [0, 0.1) is 12.8 Å². The van der Waals surface area contributed by atoms with E-state index in [4.69, 9.17) is 0 Å². The van der Waals surface area contributed by atoms with E-state index in [0.717, 1.165) is 33.0 Å². The quantitative estimate of drug-likeness (QED) is 0.317. The molecule has 0 aliphatic carbocycles. The minimum absolute atomic E-state index is 0.0496. The number of amides is 2. The van der Waals surface area contributed by atoms with E-state index in [1.807, 2.05) is 98.6 Å². The Morgan fingerprint density at radius 3 is 2.40 bits per heavy atom. The topological polar surface area (TPSA) is 100 Å². The van der Waals surface area contributed by atoms with Crippen LogP contribution < -0.4 is 5.32 Å². The monoisotopic (exact) mass is 557 g/mol. The summed E-state index contributed by atoms with van der Waals surface area (Å²) >= 11 is 1.60.